The van der Waals surface area contributed by atoms with Gasteiger partial charge in [-0.05, 0) is 52.4 Å². The van der Waals surface area contributed by atoms with Crippen LogP contribution in [0.15, 0.2) is 46.9 Å². The van der Waals surface area contributed by atoms with Crippen LogP contribution in [0.3, 0.4) is 0 Å². The monoisotopic (exact) mass is 471 g/mol. The van der Waals surface area contributed by atoms with Crippen molar-refractivity contribution in [1.82, 2.24) is 0 Å². The summed E-state index contributed by atoms with van der Waals surface area (Å²) < 4.78 is 43.1. The van der Waals surface area contributed by atoms with Gasteiger partial charge in [0.15, 0.2) is 0 Å². The van der Waals surface area contributed by atoms with E-state index in [0.29, 0.717) is 0 Å². The lowest BCUT2D eigenvalue weighted by molar-refractivity contribution is -0.274. The first-order chi connectivity index (χ1) is 9.78. The summed E-state index contributed by atoms with van der Waals surface area (Å²) in [6.45, 7) is 0. The van der Waals surface area contributed by atoms with Gasteiger partial charge in [-0.1, -0.05) is 34.1 Å². The van der Waals surface area contributed by atoms with Crippen molar-refractivity contribution in [1.29, 1.82) is 0 Å². The second-order valence-corrected chi connectivity index (χ2v) is 6.31. The zero-order chi connectivity index (χ0) is 15.6. The number of hydrogen-bond donors (Lipinski definition) is 1. The number of alkyl halides is 3. The second kappa shape index (κ2) is 6.53. The van der Waals surface area contributed by atoms with E-state index >= 15 is 0 Å². The number of para-hydroxylation sites is 1. The van der Waals surface area contributed by atoms with Crippen molar-refractivity contribution in [3.63, 3.8) is 0 Å². The standard InChI is InChI=1S/C14H10BrF3INO/c15-8-5-6-11(19)10(7-8)13(20)9-3-1-2-4-12(9)21-14(16,17)18/h1-7,13H,20H2. The van der Waals surface area contributed by atoms with E-state index in [1.54, 1.807) is 12.1 Å². The van der Waals surface area contributed by atoms with E-state index in [-0.39, 0.29) is 11.3 Å². The molecule has 1 atom stereocenters. The summed E-state index contributed by atoms with van der Waals surface area (Å²) in [6, 6.07) is 10.6. The molecular weight excluding hydrogens is 462 g/mol. The van der Waals surface area contributed by atoms with Crippen LogP contribution in [0.4, 0.5) is 13.2 Å². The first kappa shape index (κ1) is 16.6. The molecule has 112 valence electrons. The van der Waals surface area contributed by atoms with Gasteiger partial charge in [-0.3, -0.25) is 0 Å². The fourth-order valence-corrected chi connectivity index (χ4v) is 2.93. The third-order valence-electron chi connectivity index (χ3n) is 2.77. The number of ether oxygens (including phenoxy) is 1. The third kappa shape index (κ3) is 4.33. The molecular formula is C14H10BrF3INO. The Labute approximate surface area is 141 Å². The molecule has 0 spiro atoms. The average Bonchev–Trinajstić information content (AvgIpc) is 2.39. The molecule has 2 aromatic rings. The van der Waals surface area contributed by atoms with E-state index < -0.39 is 12.4 Å². The molecule has 0 amide bonds. The van der Waals surface area contributed by atoms with Crippen molar-refractivity contribution in [2.24, 2.45) is 5.73 Å². The molecule has 0 aliphatic carbocycles. The van der Waals surface area contributed by atoms with Crippen molar-refractivity contribution < 1.29 is 17.9 Å². The fraction of sp³-hybridized carbons (Fsp3) is 0.143. The molecule has 0 aromatic heterocycles. The molecule has 0 heterocycles. The Morgan fingerprint density at radius 2 is 1.76 bits per heavy atom. The van der Waals surface area contributed by atoms with Gasteiger partial charge in [-0.15, -0.1) is 13.2 Å². The minimum atomic E-state index is -4.75. The molecule has 2 nitrogen and oxygen atoms in total. The normalized spacial score (nSPS) is 13.0. The summed E-state index contributed by atoms with van der Waals surface area (Å²) in [7, 11) is 0. The van der Waals surface area contributed by atoms with Crippen LogP contribution in [0, 0.1) is 3.57 Å². The molecule has 0 fully saturated rings. The van der Waals surface area contributed by atoms with Crippen LogP contribution in [-0.2, 0) is 0 Å². The zero-order valence-electron chi connectivity index (χ0n) is 10.5. The molecule has 2 aromatic carbocycles. The van der Waals surface area contributed by atoms with Gasteiger partial charge in [0, 0.05) is 13.6 Å². The van der Waals surface area contributed by atoms with Gasteiger partial charge >= 0.3 is 6.36 Å². The number of halogens is 5. The summed E-state index contributed by atoms with van der Waals surface area (Å²) in [6.07, 6.45) is -4.75. The highest BCUT2D eigenvalue weighted by atomic mass is 127. The molecule has 0 aliphatic heterocycles. The van der Waals surface area contributed by atoms with Gasteiger partial charge in [0.2, 0.25) is 0 Å². The first-order valence-corrected chi connectivity index (χ1v) is 7.70. The number of benzene rings is 2. The molecule has 0 radical (unpaired) electrons. The highest BCUT2D eigenvalue weighted by molar-refractivity contribution is 14.1. The van der Waals surface area contributed by atoms with Crippen molar-refractivity contribution in [3.05, 3.63) is 61.6 Å². The van der Waals surface area contributed by atoms with Gasteiger partial charge in [-0.25, -0.2) is 0 Å². The van der Waals surface area contributed by atoms with Gasteiger partial charge in [0.25, 0.3) is 0 Å². The lowest BCUT2D eigenvalue weighted by atomic mass is 9.99. The summed E-state index contributed by atoms with van der Waals surface area (Å²) in [5.41, 5.74) is 7.14. The van der Waals surface area contributed by atoms with Crippen molar-refractivity contribution >= 4 is 38.5 Å². The van der Waals surface area contributed by atoms with Crippen LogP contribution in [0.2, 0.25) is 0 Å². The maximum Gasteiger partial charge on any atom is 0.573 e. The lowest BCUT2D eigenvalue weighted by Gasteiger charge is -2.19. The van der Waals surface area contributed by atoms with Gasteiger partial charge in [0.05, 0.1) is 6.04 Å². The van der Waals surface area contributed by atoms with Crippen LogP contribution < -0.4 is 10.5 Å². The largest absolute Gasteiger partial charge is 0.573 e. The van der Waals surface area contributed by atoms with E-state index in [2.05, 4.69) is 43.3 Å². The average molecular weight is 472 g/mol. The summed E-state index contributed by atoms with van der Waals surface area (Å²) in [4.78, 5) is 0. The topological polar surface area (TPSA) is 35.2 Å². The van der Waals surface area contributed by atoms with Gasteiger partial charge in [0.1, 0.15) is 5.75 Å². The van der Waals surface area contributed by atoms with Crippen LogP contribution in [0.1, 0.15) is 17.2 Å². The van der Waals surface area contributed by atoms with Crippen molar-refractivity contribution in [3.8, 4) is 5.75 Å². The van der Waals surface area contributed by atoms with E-state index in [1.165, 1.54) is 18.2 Å². The molecule has 2 N–H and O–H groups in total. The van der Waals surface area contributed by atoms with Gasteiger partial charge < -0.3 is 10.5 Å². The van der Waals surface area contributed by atoms with E-state index in [0.717, 1.165) is 13.6 Å². The maximum absolute atomic E-state index is 12.5. The highest BCUT2D eigenvalue weighted by Gasteiger charge is 2.32. The SMILES string of the molecule is NC(c1cc(Br)ccc1I)c1ccccc1OC(F)(F)F. The first-order valence-electron chi connectivity index (χ1n) is 5.83. The predicted octanol–water partition coefficient (Wildman–Crippen LogP) is 5.00. The quantitative estimate of drug-likeness (QED) is 0.639. The molecule has 2 rings (SSSR count). The Hall–Kier alpha value is -0.800. The minimum absolute atomic E-state index is 0.283. The Bertz CT molecular complexity index is 648. The predicted molar refractivity (Wildman–Crippen MR) is 86.0 cm³/mol. The van der Waals surface area contributed by atoms with Crippen LogP contribution in [0.5, 0.6) is 5.75 Å². The molecule has 0 saturated heterocycles. The van der Waals surface area contributed by atoms with Crippen molar-refractivity contribution in [2.75, 3.05) is 0 Å². The summed E-state index contributed by atoms with van der Waals surface area (Å²) in [5.74, 6) is -0.284. The highest BCUT2D eigenvalue weighted by Crippen LogP contribution is 2.34. The smallest absolute Gasteiger partial charge is 0.405 e. The molecule has 0 bridgehead atoms. The Morgan fingerprint density at radius 3 is 2.43 bits per heavy atom. The number of nitrogens with two attached hydrogens (primary N) is 1. The maximum atomic E-state index is 12.5. The van der Waals surface area contributed by atoms with Crippen LogP contribution >= 0.6 is 38.5 Å². The van der Waals surface area contributed by atoms with Crippen molar-refractivity contribution in [2.45, 2.75) is 12.4 Å². The fourth-order valence-electron chi connectivity index (χ4n) is 1.88. The summed E-state index contributed by atoms with van der Waals surface area (Å²) in [5, 5.41) is 0. The van der Waals surface area contributed by atoms with Gasteiger partial charge in [-0.2, -0.15) is 0 Å². The lowest BCUT2D eigenvalue weighted by Crippen LogP contribution is -2.21. The van der Waals surface area contributed by atoms with Crippen LogP contribution in [-0.4, -0.2) is 6.36 Å². The molecule has 21 heavy (non-hydrogen) atoms. The van der Waals surface area contributed by atoms with Crippen LogP contribution in [0.25, 0.3) is 0 Å². The molecule has 1 unspecified atom stereocenters. The Balaban J connectivity index is 2.44. The van der Waals surface area contributed by atoms with E-state index in [9.17, 15) is 13.2 Å². The molecule has 0 saturated carbocycles. The summed E-state index contributed by atoms with van der Waals surface area (Å²) >= 11 is 5.43. The zero-order valence-corrected chi connectivity index (χ0v) is 14.2. The number of hydrogen-bond acceptors (Lipinski definition) is 2. The van der Waals surface area contributed by atoms with E-state index in [4.69, 9.17) is 5.73 Å². The molecule has 7 heteroatoms. The third-order valence-corrected chi connectivity index (χ3v) is 4.25. The number of rotatable bonds is 3. The Morgan fingerprint density at radius 1 is 1.10 bits per heavy atom. The van der Waals surface area contributed by atoms with E-state index in [1.807, 2.05) is 12.1 Å². The molecule has 0 aliphatic rings. The Kier molecular flexibility index (Phi) is 5.15. The second-order valence-electron chi connectivity index (χ2n) is 4.23. The minimum Gasteiger partial charge on any atom is -0.405 e.